The summed E-state index contributed by atoms with van der Waals surface area (Å²) in [6.07, 6.45) is 1.57. The maximum Gasteiger partial charge on any atom is 0.329 e. The van der Waals surface area contributed by atoms with Crippen molar-refractivity contribution in [3.63, 3.8) is 0 Å². The van der Waals surface area contributed by atoms with Gasteiger partial charge in [0, 0.05) is 26.2 Å². The summed E-state index contributed by atoms with van der Waals surface area (Å²) in [6.45, 7) is 1.16. The largest absolute Gasteiger partial charge is 0.369 e. The molecule has 0 aliphatic carbocycles. The summed E-state index contributed by atoms with van der Waals surface area (Å²) in [6, 6.07) is 1.37. The van der Waals surface area contributed by atoms with Gasteiger partial charge in [-0.3, -0.25) is 19.1 Å². The number of carbonyl (C=O) groups is 1. The van der Waals surface area contributed by atoms with E-state index in [1.165, 1.54) is 10.6 Å². The molecule has 0 saturated carbocycles. The number of aromatic nitrogens is 2. The maximum absolute atomic E-state index is 11.5. The van der Waals surface area contributed by atoms with Crippen LogP contribution in [0.3, 0.4) is 0 Å². The van der Waals surface area contributed by atoms with Crippen molar-refractivity contribution in [3.8, 4) is 0 Å². The van der Waals surface area contributed by atoms with Gasteiger partial charge in [-0.2, -0.15) is 0 Å². The van der Waals surface area contributed by atoms with E-state index in [9.17, 15) is 14.4 Å². The van der Waals surface area contributed by atoms with E-state index in [0.29, 0.717) is 18.9 Å². The van der Waals surface area contributed by atoms with Gasteiger partial charge in [0.25, 0.3) is 5.56 Å². The second kappa shape index (κ2) is 4.67. The highest BCUT2D eigenvalue weighted by Gasteiger charge is 2.25. The molecule has 1 saturated heterocycles. The molecule has 0 spiro atoms. The first kappa shape index (κ1) is 12.4. The summed E-state index contributed by atoms with van der Waals surface area (Å²) in [4.78, 5) is 38.1. The van der Waals surface area contributed by atoms with E-state index in [4.69, 9.17) is 5.73 Å². The SMILES string of the molecule is Cn1c(N2CCCC(C(N)=O)C2)cc(=O)[nH]c1=O. The number of nitrogens with one attached hydrogen (secondary N) is 1. The number of hydrogen-bond acceptors (Lipinski definition) is 4. The highest BCUT2D eigenvalue weighted by atomic mass is 16.2. The van der Waals surface area contributed by atoms with Gasteiger partial charge in [0.1, 0.15) is 5.82 Å². The van der Waals surface area contributed by atoms with Crippen molar-refractivity contribution < 1.29 is 4.79 Å². The van der Waals surface area contributed by atoms with Crippen molar-refractivity contribution >= 4 is 11.7 Å². The van der Waals surface area contributed by atoms with E-state index in [-0.39, 0.29) is 11.8 Å². The standard InChI is InChI=1S/C11H16N4O3/c1-14-9(5-8(16)13-11(14)18)15-4-2-3-7(6-15)10(12)17/h5,7H,2-4,6H2,1H3,(H2,12,17)(H,13,16,18). The molecule has 0 aromatic carbocycles. The van der Waals surface area contributed by atoms with Crippen molar-refractivity contribution in [2.75, 3.05) is 18.0 Å². The number of H-pyrrole nitrogens is 1. The number of carbonyl (C=O) groups excluding carboxylic acids is 1. The zero-order chi connectivity index (χ0) is 13.3. The van der Waals surface area contributed by atoms with Crippen LogP contribution in [-0.2, 0) is 11.8 Å². The lowest BCUT2D eigenvalue weighted by Crippen LogP contribution is -2.44. The Balaban J connectivity index is 2.34. The predicted octanol–water partition coefficient (Wildman–Crippen LogP) is -1.22. The minimum atomic E-state index is -0.460. The summed E-state index contributed by atoms with van der Waals surface area (Å²) in [5.74, 6) is -0.0441. The summed E-state index contributed by atoms with van der Waals surface area (Å²) >= 11 is 0. The van der Waals surface area contributed by atoms with E-state index in [0.717, 1.165) is 12.8 Å². The number of nitrogens with two attached hydrogens (primary N) is 1. The first-order valence-corrected chi connectivity index (χ1v) is 5.83. The number of piperidine rings is 1. The van der Waals surface area contributed by atoms with Crippen molar-refractivity contribution in [2.24, 2.45) is 18.7 Å². The van der Waals surface area contributed by atoms with E-state index >= 15 is 0 Å². The molecular weight excluding hydrogens is 236 g/mol. The molecule has 0 bridgehead atoms. The average molecular weight is 252 g/mol. The number of anilines is 1. The van der Waals surface area contributed by atoms with Crippen molar-refractivity contribution in [1.82, 2.24) is 9.55 Å². The monoisotopic (exact) mass is 252 g/mol. The number of primary amides is 1. The Morgan fingerprint density at radius 3 is 2.89 bits per heavy atom. The van der Waals surface area contributed by atoms with Crippen LogP contribution in [0.2, 0.25) is 0 Å². The lowest BCUT2D eigenvalue weighted by atomic mass is 9.97. The third-order valence-corrected chi connectivity index (χ3v) is 3.29. The second-order valence-electron chi connectivity index (χ2n) is 4.54. The number of rotatable bonds is 2. The van der Waals surface area contributed by atoms with Gasteiger partial charge in [-0.15, -0.1) is 0 Å². The number of amides is 1. The molecule has 1 fully saturated rings. The lowest BCUT2D eigenvalue weighted by molar-refractivity contribution is -0.122. The molecule has 7 heteroatoms. The lowest BCUT2D eigenvalue weighted by Gasteiger charge is -2.33. The van der Waals surface area contributed by atoms with Crippen LogP contribution < -0.4 is 21.9 Å². The van der Waals surface area contributed by atoms with Gasteiger partial charge in [-0.25, -0.2) is 4.79 Å². The zero-order valence-corrected chi connectivity index (χ0v) is 10.2. The van der Waals surface area contributed by atoms with Crippen molar-refractivity contribution in [3.05, 3.63) is 26.9 Å². The molecule has 1 aromatic rings. The van der Waals surface area contributed by atoms with Gasteiger partial charge < -0.3 is 10.6 Å². The fourth-order valence-electron chi connectivity index (χ4n) is 2.26. The van der Waals surface area contributed by atoms with E-state index in [1.807, 2.05) is 4.90 Å². The molecule has 18 heavy (non-hydrogen) atoms. The first-order chi connectivity index (χ1) is 8.49. The third kappa shape index (κ3) is 2.29. The van der Waals surface area contributed by atoms with Gasteiger partial charge in [0.15, 0.2) is 0 Å². The molecule has 1 unspecified atom stereocenters. The normalized spacial score (nSPS) is 19.8. The molecule has 1 aliphatic heterocycles. The van der Waals surface area contributed by atoms with Crippen molar-refractivity contribution in [2.45, 2.75) is 12.8 Å². The van der Waals surface area contributed by atoms with Crippen LogP contribution in [0.1, 0.15) is 12.8 Å². The second-order valence-corrected chi connectivity index (χ2v) is 4.54. The zero-order valence-electron chi connectivity index (χ0n) is 10.2. The first-order valence-electron chi connectivity index (χ1n) is 5.83. The molecule has 2 rings (SSSR count). The fourth-order valence-corrected chi connectivity index (χ4v) is 2.26. The molecule has 1 atom stereocenters. The van der Waals surface area contributed by atoms with E-state index < -0.39 is 11.2 Å². The van der Waals surface area contributed by atoms with Crippen LogP contribution in [-0.4, -0.2) is 28.5 Å². The Labute approximate surface area is 103 Å². The molecule has 1 aromatic heterocycles. The molecule has 1 aliphatic rings. The molecule has 0 radical (unpaired) electrons. The molecule has 98 valence electrons. The quantitative estimate of drug-likeness (QED) is 0.688. The summed E-state index contributed by atoms with van der Waals surface area (Å²) in [5.41, 5.74) is 4.41. The molecular formula is C11H16N4O3. The average Bonchev–Trinajstić information content (AvgIpc) is 2.34. The molecule has 2 heterocycles. The van der Waals surface area contributed by atoms with Gasteiger partial charge in [-0.1, -0.05) is 0 Å². The van der Waals surface area contributed by atoms with Crippen LogP contribution in [0.15, 0.2) is 15.7 Å². The predicted molar refractivity (Wildman–Crippen MR) is 66.4 cm³/mol. The third-order valence-electron chi connectivity index (χ3n) is 3.29. The Hall–Kier alpha value is -2.05. The summed E-state index contributed by atoms with van der Waals surface area (Å²) in [7, 11) is 1.58. The van der Waals surface area contributed by atoms with E-state index in [2.05, 4.69) is 4.98 Å². The number of nitrogens with zero attached hydrogens (tertiary/aromatic N) is 2. The summed E-state index contributed by atoms with van der Waals surface area (Å²) < 4.78 is 1.37. The fraction of sp³-hybridized carbons (Fsp3) is 0.545. The highest BCUT2D eigenvalue weighted by Crippen LogP contribution is 2.20. The maximum atomic E-state index is 11.5. The van der Waals surface area contributed by atoms with Gasteiger partial charge in [0.2, 0.25) is 5.91 Å². The topological polar surface area (TPSA) is 101 Å². The van der Waals surface area contributed by atoms with Gasteiger partial charge in [-0.05, 0) is 12.8 Å². The van der Waals surface area contributed by atoms with Crippen molar-refractivity contribution in [1.29, 1.82) is 0 Å². The smallest absolute Gasteiger partial charge is 0.329 e. The van der Waals surface area contributed by atoms with Crippen LogP contribution in [0.25, 0.3) is 0 Å². The number of hydrogen-bond donors (Lipinski definition) is 2. The molecule has 7 nitrogen and oxygen atoms in total. The molecule has 1 amide bonds. The Bertz CT molecular complexity index is 574. The minimum absolute atomic E-state index is 0.229. The van der Waals surface area contributed by atoms with Crippen LogP contribution in [0.5, 0.6) is 0 Å². The Morgan fingerprint density at radius 1 is 1.50 bits per heavy atom. The van der Waals surface area contributed by atoms with Crippen LogP contribution >= 0.6 is 0 Å². The minimum Gasteiger partial charge on any atom is -0.369 e. The molecule has 3 N–H and O–H groups in total. The van der Waals surface area contributed by atoms with E-state index in [1.54, 1.807) is 7.05 Å². The highest BCUT2D eigenvalue weighted by molar-refractivity contribution is 5.77. The van der Waals surface area contributed by atoms with Gasteiger partial charge >= 0.3 is 5.69 Å². The number of aromatic amines is 1. The summed E-state index contributed by atoms with van der Waals surface area (Å²) in [5, 5.41) is 0. The Kier molecular flexibility index (Phi) is 3.22. The van der Waals surface area contributed by atoms with Gasteiger partial charge in [0.05, 0.1) is 5.92 Å². The van der Waals surface area contributed by atoms with Crippen LogP contribution in [0.4, 0.5) is 5.82 Å². The van der Waals surface area contributed by atoms with Crippen LogP contribution in [0, 0.1) is 5.92 Å². The Morgan fingerprint density at radius 2 is 2.22 bits per heavy atom.